The molecule has 2 aromatic heterocycles. The van der Waals surface area contributed by atoms with Crippen LogP contribution in [0.15, 0.2) is 45.6 Å². The number of carbonyl (C=O) groups is 2. The minimum atomic E-state index is -0.368. The number of hydrogen-bond donors (Lipinski definition) is 1. The molecule has 0 aromatic carbocycles. The highest BCUT2D eigenvalue weighted by molar-refractivity contribution is 9.10. The second-order valence-corrected chi connectivity index (χ2v) is 6.02. The molecule has 0 spiro atoms. The van der Waals surface area contributed by atoms with Crippen LogP contribution in [-0.4, -0.2) is 28.2 Å². The number of anilines is 1. The summed E-state index contributed by atoms with van der Waals surface area (Å²) < 4.78 is 6.08. The summed E-state index contributed by atoms with van der Waals surface area (Å²) in [5.74, 6) is 0.590. The SMILES string of the molecule is O=C(Nc1ccc(Br)cn1)C1CC(=O)N(Cc2ccco2)C1. The van der Waals surface area contributed by atoms with Gasteiger partial charge in [0, 0.05) is 23.6 Å². The first kappa shape index (κ1) is 14.8. The number of aromatic nitrogens is 1. The smallest absolute Gasteiger partial charge is 0.230 e. The highest BCUT2D eigenvalue weighted by Gasteiger charge is 2.34. The van der Waals surface area contributed by atoms with Gasteiger partial charge < -0.3 is 14.6 Å². The van der Waals surface area contributed by atoms with Crippen LogP contribution in [0.4, 0.5) is 5.82 Å². The number of carbonyl (C=O) groups excluding carboxylic acids is 2. The van der Waals surface area contributed by atoms with Gasteiger partial charge in [-0.25, -0.2) is 4.98 Å². The van der Waals surface area contributed by atoms with Crippen LogP contribution < -0.4 is 5.32 Å². The number of pyridine rings is 1. The van der Waals surface area contributed by atoms with Crippen molar-refractivity contribution in [2.45, 2.75) is 13.0 Å². The molecule has 3 heterocycles. The maximum atomic E-state index is 12.2. The molecule has 7 heteroatoms. The van der Waals surface area contributed by atoms with Gasteiger partial charge in [0.25, 0.3) is 0 Å². The fourth-order valence-electron chi connectivity index (χ4n) is 2.37. The average molecular weight is 364 g/mol. The lowest BCUT2D eigenvalue weighted by Crippen LogP contribution is -2.28. The van der Waals surface area contributed by atoms with Gasteiger partial charge in [0.05, 0.1) is 18.7 Å². The lowest BCUT2D eigenvalue weighted by molar-refractivity contribution is -0.128. The lowest BCUT2D eigenvalue weighted by atomic mass is 10.1. The monoisotopic (exact) mass is 363 g/mol. The van der Waals surface area contributed by atoms with Crippen molar-refractivity contribution >= 4 is 33.6 Å². The van der Waals surface area contributed by atoms with Gasteiger partial charge in [-0.2, -0.15) is 0 Å². The Bertz CT molecular complexity index is 670. The van der Waals surface area contributed by atoms with Crippen molar-refractivity contribution in [1.29, 1.82) is 0 Å². The van der Waals surface area contributed by atoms with Gasteiger partial charge in [-0.15, -0.1) is 0 Å². The van der Waals surface area contributed by atoms with Crippen LogP contribution in [0.3, 0.4) is 0 Å². The van der Waals surface area contributed by atoms with E-state index in [1.165, 1.54) is 0 Å². The lowest BCUT2D eigenvalue weighted by Gasteiger charge is -2.14. The molecular weight excluding hydrogens is 350 g/mol. The Morgan fingerprint density at radius 3 is 3.00 bits per heavy atom. The first-order chi connectivity index (χ1) is 10.6. The predicted molar refractivity (Wildman–Crippen MR) is 82.8 cm³/mol. The molecule has 0 radical (unpaired) electrons. The van der Waals surface area contributed by atoms with Gasteiger partial charge in [0.1, 0.15) is 11.6 Å². The van der Waals surface area contributed by atoms with E-state index in [0.717, 1.165) is 4.47 Å². The van der Waals surface area contributed by atoms with Crippen LogP contribution in [0, 0.1) is 5.92 Å². The Labute approximate surface area is 135 Å². The number of rotatable bonds is 4. The number of halogens is 1. The van der Waals surface area contributed by atoms with Gasteiger partial charge in [-0.1, -0.05) is 0 Å². The summed E-state index contributed by atoms with van der Waals surface area (Å²) in [6.07, 6.45) is 3.39. The van der Waals surface area contributed by atoms with E-state index in [4.69, 9.17) is 4.42 Å². The Morgan fingerprint density at radius 2 is 2.32 bits per heavy atom. The van der Waals surface area contributed by atoms with Crippen molar-refractivity contribution in [3.63, 3.8) is 0 Å². The third-order valence-electron chi connectivity index (χ3n) is 3.49. The van der Waals surface area contributed by atoms with E-state index >= 15 is 0 Å². The molecule has 6 nitrogen and oxygen atoms in total. The zero-order chi connectivity index (χ0) is 15.5. The molecule has 1 unspecified atom stereocenters. The van der Waals surface area contributed by atoms with E-state index < -0.39 is 0 Å². The molecule has 0 saturated carbocycles. The van der Waals surface area contributed by atoms with E-state index in [2.05, 4.69) is 26.2 Å². The van der Waals surface area contributed by atoms with Gasteiger partial charge in [-0.3, -0.25) is 9.59 Å². The largest absolute Gasteiger partial charge is 0.467 e. The summed E-state index contributed by atoms with van der Waals surface area (Å²) in [7, 11) is 0. The topological polar surface area (TPSA) is 75.4 Å². The molecule has 1 fully saturated rings. The normalized spacial score (nSPS) is 17.8. The second-order valence-electron chi connectivity index (χ2n) is 5.11. The van der Waals surface area contributed by atoms with Gasteiger partial charge >= 0.3 is 0 Å². The third-order valence-corrected chi connectivity index (χ3v) is 3.96. The Morgan fingerprint density at radius 1 is 1.45 bits per heavy atom. The molecule has 2 amide bonds. The third kappa shape index (κ3) is 3.36. The molecule has 1 aliphatic rings. The van der Waals surface area contributed by atoms with Crippen LogP contribution in [0.1, 0.15) is 12.2 Å². The van der Waals surface area contributed by atoms with Crippen LogP contribution in [0.25, 0.3) is 0 Å². The first-order valence-electron chi connectivity index (χ1n) is 6.84. The fourth-order valence-corrected chi connectivity index (χ4v) is 2.60. The maximum absolute atomic E-state index is 12.2. The summed E-state index contributed by atoms with van der Waals surface area (Å²) >= 11 is 3.29. The molecule has 1 atom stereocenters. The summed E-state index contributed by atoms with van der Waals surface area (Å²) in [6, 6.07) is 7.09. The van der Waals surface area contributed by atoms with E-state index in [0.29, 0.717) is 24.7 Å². The molecule has 1 aliphatic heterocycles. The highest BCUT2D eigenvalue weighted by Crippen LogP contribution is 2.22. The van der Waals surface area contributed by atoms with E-state index in [-0.39, 0.29) is 24.2 Å². The molecule has 1 saturated heterocycles. The molecule has 0 aliphatic carbocycles. The second kappa shape index (κ2) is 6.31. The zero-order valence-corrected chi connectivity index (χ0v) is 13.2. The summed E-state index contributed by atoms with van der Waals surface area (Å²) in [5, 5.41) is 2.74. The van der Waals surface area contributed by atoms with Gasteiger partial charge in [0.2, 0.25) is 11.8 Å². The molecule has 114 valence electrons. The van der Waals surface area contributed by atoms with Crippen molar-refractivity contribution in [3.8, 4) is 0 Å². The molecule has 22 heavy (non-hydrogen) atoms. The maximum Gasteiger partial charge on any atom is 0.230 e. The number of furan rings is 1. The van der Waals surface area contributed by atoms with Crippen molar-refractivity contribution in [2.75, 3.05) is 11.9 Å². The van der Waals surface area contributed by atoms with Gasteiger partial charge in [0.15, 0.2) is 0 Å². The number of likely N-dealkylation sites (tertiary alicyclic amines) is 1. The van der Waals surface area contributed by atoms with Crippen LogP contribution in [0.2, 0.25) is 0 Å². The predicted octanol–water partition coefficient (Wildman–Crippen LogP) is 2.42. The molecule has 1 N–H and O–H groups in total. The highest BCUT2D eigenvalue weighted by atomic mass is 79.9. The number of nitrogens with zero attached hydrogens (tertiary/aromatic N) is 2. The van der Waals surface area contributed by atoms with E-state index in [1.54, 1.807) is 35.6 Å². The summed E-state index contributed by atoms with van der Waals surface area (Å²) in [4.78, 5) is 30.0. The quantitative estimate of drug-likeness (QED) is 0.904. The summed E-state index contributed by atoms with van der Waals surface area (Å²) in [5.41, 5.74) is 0. The Hall–Kier alpha value is -2.15. The molecule has 3 rings (SSSR count). The van der Waals surface area contributed by atoms with Crippen molar-refractivity contribution in [3.05, 3.63) is 47.0 Å². The molecule has 2 aromatic rings. The van der Waals surface area contributed by atoms with E-state index in [1.807, 2.05) is 6.07 Å². The number of nitrogens with one attached hydrogen (secondary N) is 1. The van der Waals surface area contributed by atoms with Crippen molar-refractivity contribution in [2.24, 2.45) is 5.92 Å². The fraction of sp³-hybridized carbons (Fsp3) is 0.267. The number of hydrogen-bond acceptors (Lipinski definition) is 4. The van der Waals surface area contributed by atoms with Crippen LogP contribution >= 0.6 is 15.9 Å². The minimum absolute atomic E-state index is 0.0414. The molecule has 0 bridgehead atoms. The average Bonchev–Trinajstić information content (AvgIpc) is 3.13. The van der Waals surface area contributed by atoms with Crippen molar-refractivity contribution in [1.82, 2.24) is 9.88 Å². The van der Waals surface area contributed by atoms with Crippen LogP contribution in [0.5, 0.6) is 0 Å². The Kier molecular flexibility index (Phi) is 4.24. The Balaban J connectivity index is 1.60. The molecular formula is C15H14BrN3O3. The zero-order valence-electron chi connectivity index (χ0n) is 11.7. The van der Waals surface area contributed by atoms with Gasteiger partial charge in [-0.05, 0) is 40.2 Å². The standard InChI is InChI=1S/C15H14BrN3O3/c16-11-3-4-13(17-7-11)18-15(21)10-6-14(20)19(8-10)9-12-2-1-5-22-12/h1-5,7,10H,6,8-9H2,(H,17,18,21). The summed E-state index contributed by atoms with van der Waals surface area (Å²) in [6.45, 7) is 0.786. The minimum Gasteiger partial charge on any atom is -0.467 e. The van der Waals surface area contributed by atoms with Crippen molar-refractivity contribution < 1.29 is 14.0 Å². The van der Waals surface area contributed by atoms with E-state index in [9.17, 15) is 9.59 Å². The van der Waals surface area contributed by atoms with Crippen LogP contribution in [-0.2, 0) is 16.1 Å². The first-order valence-corrected chi connectivity index (χ1v) is 7.63. The number of amides is 2.